The van der Waals surface area contributed by atoms with Crippen LogP contribution in [-0.4, -0.2) is 31.6 Å². The van der Waals surface area contributed by atoms with Crippen molar-refractivity contribution in [2.75, 3.05) is 5.32 Å². The van der Waals surface area contributed by atoms with Gasteiger partial charge in [0, 0.05) is 41.7 Å². The summed E-state index contributed by atoms with van der Waals surface area (Å²) in [5, 5.41) is 9.31. The van der Waals surface area contributed by atoms with E-state index in [2.05, 4.69) is 15.5 Å². The summed E-state index contributed by atoms with van der Waals surface area (Å²) >= 11 is 0. The number of anilines is 1. The van der Waals surface area contributed by atoms with Crippen molar-refractivity contribution in [3.63, 3.8) is 0 Å². The lowest BCUT2D eigenvalue weighted by Crippen LogP contribution is -2.14. The van der Waals surface area contributed by atoms with Crippen LogP contribution in [-0.2, 0) is 11.2 Å². The van der Waals surface area contributed by atoms with Crippen LogP contribution >= 0.6 is 0 Å². The van der Waals surface area contributed by atoms with Gasteiger partial charge >= 0.3 is 0 Å². The Hall–Kier alpha value is -5.12. The first-order valence-corrected chi connectivity index (χ1v) is 12.2. The summed E-state index contributed by atoms with van der Waals surface area (Å²) in [7, 11) is 0. The second-order valence-corrected chi connectivity index (χ2v) is 8.87. The molecule has 0 saturated carbocycles. The van der Waals surface area contributed by atoms with Gasteiger partial charge in [-0.2, -0.15) is 5.10 Å². The lowest BCUT2D eigenvalue weighted by atomic mass is 9.96. The second kappa shape index (κ2) is 11.1. The SMILES string of the molecule is NC(=O)c1cccc(-c2cn[nH]c2)c1-c1nc(CCCC(=O)Nc2ccc(F)cc2F)cn1-c1ccccc1. The Labute approximate surface area is 222 Å². The van der Waals surface area contributed by atoms with E-state index in [0.717, 1.165) is 28.9 Å². The lowest BCUT2D eigenvalue weighted by molar-refractivity contribution is -0.116. The number of amides is 2. The minimum absolute atomic E-state index is 0.0770. The van der Waals surface area contributed by atoms with Crippen LogP contribution in [0.4, 0.5) is 14.5 Å². The smallest absolute Gasteiger partial charge is 0.249 e. The standard InChI is InChI=1S/C29H24F2N6O2/c30-19-12-13-25(24(31)14-19)36-26(38)11-4-6-20-17-37(21-7-2-1-3-8-21)29(35-20)27-22(18-15-33-34-16-18)9-5-10-23(27)28(32)39/h1-3,5,7-10,12-17H,4,6,11H2,(H2,32,39)(H,33,34)(H,36,38). The van der Waals surface area contributed by atoms with Gasteiger partial charge in [0.2, 0.25) is 11.8 Å². The van der Waals surface area contributed by atoms with Gasteiger partial charge in [-0.05, 0) is 48.7 Å². The summed E-state index contributed by atoms with van der Waals surface area (Å²) in [6.45, 7) is 0. The molecule has 0 saturated heterocycles. The molecule has 0 radical (unpaired) electrons. The molecule has 0 aliphatic rings. The van der Waals surface area contributed by atoms with Gasteiger partial charge in [-0.3, -0.25) is 19.3 Å². The number of para-hydroxylation sites is 1. The number of hydrogen-bond donors (Lipinski definition) is 3. The number of carbonyl (C=O) groups is 2. The van der Waals surface area contributed by atoms with Gasteiger partial charge in [0.15, 0.2) is 0 Å². The highest BCUT2D eigenvalue weighted by Crippen LogP contribution is 2.35. The number of nitrogens with two attached hydrogens (primary N) is 1. The monoisotopic (exact) mass is 526 g/mol. The fraction of sp³-hybridized carbons (Fsp3) is 0.103. The summed E-state index contributed by atoms with van der Waals surface area (Å²) in [4.78, 5) is 29.7. The Kier molecular flexibility index (Phi) is 7.26. The third kappa shape index (κ3) is 5.59. The van der Waals surface area contributed by atoms with Gasteiger partial charge in [0.25, 0.3) is 0 Å². The van der Waals surface area contributed by atoms with E-state index in [1.165, 1.54) is 6.07 Å². The topological polar surface area (TPSA) is 119 Å². The molecule has 2 amide bonds. The Morgan fingerprint density at radius 3 is 2.56 bits per heavy atom. The van der Waals surface area contributed by atoms with Crippen LogP contribution in [0, 0.1) is 11.6 Å². The van der Waals surface area contributed by atoms with E-state index >= 15 is 0 Å². The Morgan fingerprint density at radius 1 is 1.03 bits per heavy atom. The normalized spacial score (nSPS) is 10.9. The molecule has 0 unspecified atom stereocenters. The van der Waals surface area contributed by atoms with Gasteiger partial charge in [0.1, 0.15) is 17.5 Å². The number of H-pyrrole nitrogens is 1. The maximum Gasteiger partial charge on any atom is 0.249 e. The van der Waals surface area contributed by atoms with E-state index in [0.29, 0.717) is 35.5 Å². The van der Waals surface area contributed by atoms with Crippen molar-refractivity contribution < 1.29 is 18.4 Å². The number of carbonyl (C=O) groups excluding carboxylic acids is 2. The molecule has 0 aliphatic carbocycles. The molecule has 2 aromatic heterocycles. The van der Waals surface area contributed by atoms with Crippen molar-refractivity contribution in [1.29, 1.82) is 0 Å². The number of aromatic nitrogens is 4. The molecular weight excluding hydrogens is 502 g/mol. The molecule has 0 atom stereocenters. The van der Waals surface area contributed by atoms with Crippen LogP contribution in [0.2, 0.25) is 0 Å². The van der Waals surface area contributed by atoms with Gasteiger partial charge < -0.3 is 11.1 Å². The predicted octanol–water partition coefficient (Wildman–Crippen LogP) is 5.27. The summed E-state index contributed by atoms with van der Waals surface area (Å²) in [5.74, 6) is -2.03. The first-order valence-electron chi connectivity index (χ1n) is 12.2. The second-order valence-electron chi connectivity index (χ2n) is 8.87. The fourth-order valence-corrected chi connectivity index (χ4v) is 4.38. The van der Waals surface area contributed by atoms with Crippen LogP contribution < -0.4 is 11.1 Å². The van der Waals surface area contributed by atoms with Crippen LogP contribution in [0.3, 0.4) is 0 Å². The van der Waals surface area contributed by atoms with E-state index in [1.807, 2.05) is 47.2 Å². The van der Waals surface area contributed by atoms with Crippen molar-refractivity contribution in [3.8, 4) is 28.2 Å². The van der Waals surface area contributed by atoms with E-state index in [4.69, 9.17) is 10.7 Å². The number of nitrogens with zero attached hydrogens (tertiary/aromatic N) is 3. The van der Waals surface area contributed by atoms with Crippen LogP contribution in [0.15, 0.2) is 85.3 Å². The minimum Gasteiger partial charge on any atom is -0.366 e. The first kappa shape index (κ1) is 25.5. The van der Waals surface area contributed by atoms with Gasteiger partial charge in [0.05, 0.1) is 23.1 Å². The number of benzene rings is 3. The van der Waals surface area contributed by atoms with Crippen molar-refractivity contribution in [2.24, 2.45) is 5.73 Å². The quantitative estimate of drug-likeness (QED) is 0.243. The first-order chi connectivity index (χ1) is 18.9. The van der Waals surface area contributed by atoms with Crippen molar-refractivity contribution in [1.82, 2.24) is 19.7 Å². The molecule has 4 N–H and O–H groups in total. The number of rotatable bonds is 9. The van der Waals surface area contributed by atoms with Crippen LogP contribution in [0.1, 0.15) is 28.9 Å². The summed E-state index contributed by atoms with van der Waals surface area (Å²) in [6.07, 6.45) is 6.20. The van der Waals surface area contributed by atoms with E-state index in [9.17, 15) is 18.4 Å². The molecule has 39 heavy (non-hydrogen) atoms. The number of primary amides is 1. The summed E-state index contributed by atoms with van der Waals surface area (Å²) < 4.78 is 28.9. The van der Waals surface area contributed by atoms with Gasteiger partial charge in [-0.15, -0.1) is 0 Å². The fourth-order valence-electron chi connectivity index (χ4n) is 4.38. The highest BCUT2D eigenvalue weighted by Gasteiger charge is 2.22. The molecule has 0 spiro atoms. The van der Waals surface area contributed by atoms with E-state index in [-0.39, 0.29) is 12.1 Å². The number of aryl methyl sites for hydroxylation is 1. The molecule has 8 nitrogen and oxygen atoms in total. The lowest BCUT2D eigenvalue weighted by Gasteiger charge is -2.14. The van der Waals surface area contributed by atoms with Gasteiger partial charge in [-0.1, -0.05) is 30.3 Å². The zero-order valence-corrected chi connectivity index (χ0v) is 20.7. The van der Waals surface area contributed by atoms with Crippen molar-refractivity contribution in [3.05, 3.63) is 108 Å². The molecule has 0 bridgehead atoms. The predicted molar refractivity (Wildman–Crippen MR) is 143 cm³/mol. The number of imidazole rings is 1. The Morgan fingerprint density at radius 2 is 1.85 bits per heavy atom. The van der Waals surface area contributed by atoms with Crippen LogP contribution in [0.5, 0.6) is 0 Å². The third-order valence-electron chi connectivity index (χ3n) is 6.19. The third-order valence-corrected chi connectivity index (χ3v) is 6.19. The van der Waals surface area contributed by atoms with Gasteiger partial charge in [-0.25, -0.2) is 13.8 Å². The number of halogens is 2. The molecule has 196 valence electrons. The maximum atomic E-state index is 13.9. The molecule has 0 aliphatic heterocycles. The van der Waals surface area contributed by atoms with E-state index < -0.39 is 23.4 Å². The molecule has 2 heterocycles. The summed E-state index contributed by atoms with van der Waals surface area (Å²) in [5.41, 5.74) is 9.58. The Balaban J connectivity index is 1.46. The van der Waals surface area contributed by atoms with Crippen LogP contribution in [0.25, 0.3) is 28.2 Å². The average Bonchev–Trinajstić information content (AvgIpc) is 3.61. The zero-order valence-electron chi connectivity index (χ0n) is 20.7. The molecule has 5 aromatic rings. The zero-order chi connectivity index (χ0) is 27.4. The number of aromatic amines is 1. The number of nitrogens with one attached hydrogen (secondary N) is 2. The van der Waals surface area contributed by atoms with E-state index in [1.54, 1.807) is 24.5 Å². The minimum atomic E-state index is -0.837. The van der Waals surface area contributed by atoms with Crippen molar-refractivity contribution in [2.45, 2.75) is 19.3 Å². The molecule has 0 fully saturated rings. The average molecular weight is 527 g/mol. The molecule has 5 rings (SSSR count). The molecule has 10 heteroatoms. The highest BCUT2D eigenvalue weighted by atomic mass is 19.1. The Bertz CT molecular complexity index is 1630. The van der Waals surface area contributed by atoms with Crippen molar-refractivity contribution >= 4 is 17.5 Å². The highest BCUT2D eigenvalue weighted by molar-refractivity contribution is 6.03. The molecule has 3 aromatic carbocycles. The maximum absolute atomic E-state index is 13.9. The molecular formula is C29H24F2N6O2. The number of hydrogen-bond acceptors (Lipinski definition) is 4. The summed E-state index contributed by atoms with van der Waals surface area (Å²) in [6, 6.07) is 17.8. The largest absolute Gasteiger partial charge is 0.366 e.